The van der Waals surface area contributed by atoms with Gasteiger partial charge in [0.15, 0.2) is 0 Å². The first-order valence-corrected chi connectivity index (χ1v) is 8.39. The van der Waals surface area contributed by atoms with Crippen LogP contribution in [-0.2, 0) is 0 Å². The molecule has 0 unspecified atom stereocenters. The van der Waals surface area contributed by atoms with Gasteiger partial charge in [0.05, 0.1) is 23.7 Å². The van der Waals surface area contributed by atoms with E-state index >= 15 is 0 Å². The minimum atomic E-state index is -0.388. The molecule has 0 spiro atoms. The number of nitrogens with zero attached hydrogens (tertiary/aromatic N) is 4. The maximum atomic E-state index is 10.7. The van der Waals surface area contributed by atoms with Gasteiger partial charge in [0.2, 0.25) is 0 Å². The van der Waals surface area contributed by atoms with E-state index in [1.807, 2.05) is 6.92 Å². The third-order valence-electron chi connectivity index (χ3n) is 4.44. The molecule has 6 nitrogen and oxygen atoms in total. The zero-order valence-electron chi connectivity index (χ0n) is 14.6. The summed E-state index contributed by atoms with van der Waals surface area (Å²) >= 11 is 0. The number of aryl methyl sites for hydroxylation is 1. The van der Waals surface area contributed by atoms with Crippen LogP contribution in [-0.4, -0.2) is 41.8 Å². The minimum absolute atomic E-state index is 0.100. The van der Waals surface area contributed by atoms with E-state index < -0.39 is 0 Å². The number of hydrazone groups is 1. The van der Waals surface area contributed by atoms with E-state index in [4.69, 9.17) is 0 Å². The zero-order chi connectivity index (χ0) is 17.8. The van der Waals surface area contributed by atoms with Gasteiger partial charge in [-0.15, -0.1) is 0 Å². The first-order valence-electron chi connectivity index (χ1n) is 8.39. The Hall–Kier alpha value is -2.89. The smallest absolute Gasteiger partial charge is 0.269 e. The van der Waals surface area contributed by atoms with E-state index in [-0.39, 0.29) is 10.6 Å². The standard InChI is InChI=1S/C19H22N4O2/c1-15-3-7-18(8-4-15)21-11-13-22(14-12-21)20-16(2)17-5-9-19(10-6-17)23(24)25/h3-10H,11-14H2,1-2H3. The summed E-state index contributed by atoms with van der Waals surface area (Å²) in [7, 11) is 0. The van der Waals surface area contributed by atoms with Crippen LogP contribution in [0.4, 0.5) is 11.4 Å². The number of non-ortho nitro benzene ring substituents is 1. The second-order valence-corrected chi connectivity index (χ2v) is 6.27. The Balaban J connectivity index is 1.61. The van der Waals surface area contributed by atoms with Gasteiger partial charge in [-0.2, -0.15) is 5.10 Å². The molecule has 1 fully saturated rings. The average molecular weight is 338 g/mol. The number of nitro groups is 1. The number of hydrogen-bond acceptors (Lipinski definition) is 5. The van der Waals surface area contributed by atoms with Crippen LogP contribution in [0, 0.1) is 17.0 Å². The summed E-state index contributed by atoms with van der Waals surface area (Å²) in [6, 6.07) is 15.1. The molecule has 2 aromatic carbocycles. The molecule has 130 valence electrons. The van der Waals surface area contributed by atoms with Crippen LogP contribution in [0.1, 0.15) is 18.1 Å². The molecule has 25 heavy (non-hydrogen) atoms. The van der Waals surface area contributed by atoms with Gasteiger partial charge in [0.1, 0.15) is 0 Å². The van der Waals surface area contributed by atoms with Crippen molar-refractivity contribution in [3.63, 3.8) is 0 Å². The third-order valence-corrected chi connectivity index (χ3v) is 4.44. The molecular formula is C19H22N4O2. The van der Waals surface area contributed by atoms with Crippen molar-refractivity contribution in [1.29, 1.82) is 0 Å². The molecule has 1 aliphatic rings. The van der Waals surface area contributed by atoms with Gasteiger partial charge in [-0.1, -0.05) is 17.7 Å². The Morgan fingerprint density at radius 1 is 1.00 bits per heavy atom. The van der Waals surface area contributed by atoms with Crippen LogP contribution in [0.2, 0.25) is 0 Å². The van der Waals surface area contributed by atoms with E-state index in [2.05, 4.69) is 46.2 Å². The summed E-state index contributed by atoms with van der Waals surface area (Å²) in [6.07, 6.45) is 0. The summed E-state index contributed by atoms with van der Waals surface area (Å²) in [6.45, 7) is 7.61. The molecule has 0 radical (unpaired) electrons. The van der Waals surface area contributed by atoms with Gasteiger partial charge in [-0.25, -0.2) is 0 Å². The largest absolute Gasteiger partial charge is 0.368 e. The predicted octanol–water partition coefficient (Wildman–Crippen LogP) is 3.45. The van der Waals surface area contributed by atoms with Crippen molar-refractivity contribution in [1.82, 2.24) is 5.01 Å². The molecule has 3 rings (SSSR count). The normalized spacial score (nSPS) is 15.4. The van der Waals surface area contributed by atoms with Crippen molar-refractivity contribution < 1.29 is 4.92 Å². The lowest BCUT2D eigenvalue weighted by Gasteiger charge is -2.35. The van der Waals surface area contributed by atoms with Crippen LogP contribution >= 0.6 is 0 Å². The molecule has 0 atom stereocenters. The van der Waals surface area contributed by atoms with E-state index in [1.54, 1.807) is 12.1 Å². The van der Waals surface area contributed by atoms with Gasteiger partial charge in [0.25, 0.3) is 5.69 Å². The van der Waals surface area contributed by atoms with Crippen molar-refractivity contribution >= 4 is 17.1 Å². The summed E-state index contributed by atoms with van der Waals surface area (Å²) in [5, 5.41) is 17.5. The van der Waals surface area contributed by atoms with Gasteiger partial charge in [-0.05, 0) is 43.7 Å². The molecule has 1 saturated heterocycles. The zero-order valence-corrected chi connectivity index (χ0v) is 14.6. The second kappa shape index (κ2) is 7.34. The van der Waals surface area contributed by atoms with Gasteiger partial charge < -0.3 is 4.90 Å². The lowest BCUT2D eigenvalue weighted by molar-refractivity contribution is -0.384. The Bertz CT molecular complexity index is 761. The molecule has 0 N–H and O–H groups in total. The number of hydrogen-bond donors (Lipinski definition) is 0. The molecule has 0 bridgehead atoms. The van der Waals surface area contributed by atoms with E-state index in [0.717, 1.165) is 37.5 Å². The van der Waals surface area contributed by atoms with Crippen LogP contribution < -0.4 is 4.90 Å². The summed E-state index contributed by atoms with van der Waals surface area (Å²) in [4.78, 5) is 12.7. The van der Waals surface area contributed by atoms with Crippen molar-refractivity contribution in [2.45, 2.75) is 13.8 Å². The summed E-state index contributed by atoms with van der Waals surface area (Å²) in [5.74, 6) is 0. The Labute approximate surface area is 147 Å². The molecule has 1 aliphatic heterocycles. The van der Waals surface area contributed by atoms with E-state index in [0.29, 0.717) is 0 Å². The fourth-order valence-corrected chi connectivity index (χ4v) is 2.90. The Morgan fingerprint density at radius 3 is 2.16 bits per heavy atom. The highest BCUT2D eigenvalue weighted by Gasteiger charge is 2.16. The number of anilines is 1. The maximum absolute atomic E-state index is 10.7. The lowest BCUT2D eigenvalue weighted by atomic mass is 10.1. The van der Waals surface area contributed by atoms with Crippen molar-refractivity contribution in [3.8, 4) is 0 Å². The molecule has 0 aliphatic carbocycles. The molecule has 0 aromatic heterocycles. The predicted molar refractivity (Wildman–Crippen MR) is 100 cm³/mol. The molecular weight excluding hydrogens is 316 g/mol. The van der Waals surface area contributed by atoms with Gasteiger partial charge in [0, 0.05) is 30.9 Å². The highest BCUT2D eigenvalue weighted by atomic mass is 16.6. The van der Waals surface area contributed by atoms with Gasteiger partial charge >= 0.3 is 0 Å². The number of rotatable bonds is 4. The molecule has 0 saturated carbocycles. The topological polar surface area (TPSA) is 62.0 Å². The fraction of sp³-hybridized carbons (Fsp3) is 0.316. The monoisotopic (exact) mass is 338 g/mol. The Kier molecular flexibility index (Phi) is 4.97. The quantitative estimate of drug-likeness (QED) is 0.487. The first-order chi connectivity index (χ1) is 12.0. The maximum Gasteiger partial charge on any atom is 0.269 e. The van der Waals surface area contributed by atoms with Crippen LogP contribution in [0.25, 0.3) is 0 Å². The first kappa shape index (κ1) is 17.0. The molecule has 6 heteroatoms. The van der Waals surface area contributed by atoms with Crippen LogP contribution in [0.15, 0.2) is 53.6 Å². The number of nitro benzene ring substituents is 1. The van der Waals surface area contributed by atoms with Gasteiger partial charge in [-0.3, -0.25) is 15.1 Å². The van der Waals surface area contributed by atoms with Crippen LogP contribution in [0.3, 0.4) is 0 Å². The molecule has 2 aromatic rings. The highest BCUT2D eigenvalue weighted by Crippen LogP contribution is 2.18. The molecule has 1 heterocycles. The molecule has 0 amide bonds. The Morgan fingerprint density at radius 2 is 1.60 bits per heavy atom. The van der Waals surface area contributed by atoms with Crippen molar-refractivity contribution in [2.24, 2.45) is 5.10 Å². The fourth-order valence-electron chi connectivity index (χ4n) is 2.90. The minimum Gasteiger partial charge on any atom is -0.368 e. The van der Waals surface area contributed by atoms with Crippen molar-refractivity contribution in [3.05, 3.63) is 69.8 Å². The third kappa shape index (κ3) is 4.15. The lowest BCUT2D eigenvalue weighted by Crippen LogP contribution is -2.44. The average Bonchev–Trinajstić information content (AvgIpc) is 2.63. The highest BCUT2D eigenvalue weighted by molar-refractivity contribution is 5.98. The second-order valence-electron chi connectivity index (χ2n) is 6.27. The summed E-state index contributed by atoms with van der Waals surface area (Å²) < 4.78 is 0. The van der Waals surface area contributed by atoms with E-state index in [1.165, 1.54) is 23.4 Å². The SMILES string of the molecule is CC(=NN1CCN(c2ccc(C)cc2)CC1)c1ccc([N+](=O)[O-])cc1. The van der Waals surface area contributed by atoms with Crippen LogP contribution in [0.5, 0.6) is 0 Å². The number of benzene rings is 2. The van der Waals surface area contributed by atoms with Crippen molar-refractivity contribution in [2.75, 3.05) is 31.1 Å². The number of piperazine rings is 1. The van der Waals surface area contributed by atoms with E-state index in [9.17, 15) is 10.1 Å². The summed E-state index contributed by atoms with van der Waals surface area (Å²) in [5.41, 5.74) is 4.40.